The van der Waals surface area contributed by atoms with Crippen molar-refractivity contribution in [2.45, 2.75) is 56.5 Å². The van der Waals surface area contributed by atoms with Crippen molar-refractivity contribution in [1.29, 1.82) is 0 Å². The minimum atomic E-state index is -1.19. The number of carbonyl (C=O) groups is 4. The third-order valence-corrected chi connectivity index (χ3v) is 7.82. The van der Waals surface area contributed by atoms with Crippen LogP contribution in [0.5, 0.6) is 0 Å². The second-order valence-electron chi connectivity index (χ2n) is 9.81. The van der Waals surface area contributed by atoms with E-state index in [9.17, 15) is 24.3 Å². The molecule has 0 radical (unpaired) electrons. The van der Waals surface area contributed by atoms with E-state index in [1.165, 1.54) is 29.2 Å². The Morgan fingerprint density at radius 2 is 1.95 bits per heavy atom. The van der Waals surface area contributed by atoms with Crippen LogP contribution >= 0.6 is 23.1 Å². The highest BCUT2D eigenvalue weighted by Gasteiger charge is 2.58. The lowest BCUT2D eigenvalue weighted by Crippen LogP contribution is -2.77. The van der Waals surface area contributed by atoms with Crippen LogP contribution < -0.4 is 10.6 Å². The van der Waals surface area contributed by atoms with Gasteiger partial charge in [0.15, 0.2) is 16.9 Å². The van der Waals surface area contributed by atoms with E-state index in [0.29, 0.717) is 0 Å². The van der Waals surface area contributed by atoms with Crippen molar-refractivity contribution >= 4 is 57.8 Å². The summed E-state index contributed by atoms with van der Waals surface area (Å²) in [6.45, 7) is 5.16. The highest BCUT2D eigenvalue weighted by atomic mass is 32.2. The number of amides is 3. The van der Waals surface area contributed by atoms with Gasteiger partial charge in [-0.15, -0.1) is 23.1 Å². The molecule has 1 aromatic heterocycles. The quantitative estimate of drug-likeness (QED) is 0.178. The second-order valence-corrected chi connectivity index (χ2v) is 11.8. The van der Waals surface area contributed by atoms with Gasteiger partial charge in [0.05, 0.1) is 6.10 Å². The van der Waals surface area contributed by atoms with Gasteiger partial charge in [0.1, 0.15) is 36.4 Å². The first kappa shape index (κ1) is 29.3. The number of hydrogen-bond acceptors (Lipinski definition) is 12. The number of carbonyl (C=O) groups excluding carboxylic acids is 4. The van der Waals surface area contributed by atoms with E-state index in [0.717, 1.165) is 16.9 Å². The number of rotatable bonds is 8. The predicted octanol–water partition coefficient (Wildman–Crippen LogP) is 1.71. The zero-order chi connectivity index (χ0) is 29.0. The van der Waals surface area contributed by atoms with Crippen LogP contribution in [0.15, 0.2) is 40.9 Å². The van der Waals surface area contributed by atoms with Crippen molar-refractivity contribution in [2.24, 2.45) is 5.16 Å². The van der Waals surface area contributed by atoms with Gasteiger partial charge >= 0.3 is 12.1 Å². The number of ether oxygens (including phenoxy) is 2. The van der Waals surface area contributed by atoms with Crippen molar-refractivity contribution in [2.75, 3.05) is 18.2 Å². The van der Waals surface area contributed by atoms with Crippen LogP contribution in [0.25, 0.3) is 0 Å². The average molecular weight is 592 g/mol. The Hall–Kier alpha value is -3.69. The summed E-state index contributed by atoms with van der Waals surface area (Å²) < 4.78 is 10.6. The smallest absolute Gasteiger partial charge is 0.413 e. The number of aliphatic hydroxyl groups excluding tert-OH is 1. The normalized spacial score (nSPS) is 22.5. The van der Waals surface area contributed by atoms with Crippen LogP contribution in [0.2, 0.25) is 0 Å². The number of β-lactam (4-membered cyclic amide) rings is 1. The fourth-order valence-corrected chi connectivity index (χ4v) is 6.02. The number of aliphatic hydroxyl groups is 1. The van der Waals surface area contributed by atoms with Crippen LogP contribution in [0.1, 0.15) is 32.0 Å². The second kappa shape index (κ2) is 12.2. The number of benzene rings is 1. The maximum atomic E-state index is 13.1. The SMILES string of the molecule is CO/N=C(/C(=O)N[C@@H]1C(=O)N2C(C(=O)OCc3ccccc3)C(O)CS[C@H]12)c1csc(NC(=O)OC(C)(C)C)n1. The molecule has 2 aromatic rings. The summed E-state index contributed by atoms with van der Waals surface area (Å²) in [4.78, 5) is 61.3. The van der Waals surface area contributed by atoms with Crippen molar-refractivity contribution in [1.82, 2.24) is 15.2 Å². The zero-order valence-electron chi connectivity index (χ0n) is 22.2. The summed E-state index contributed by atoms with van der Waals surface area (Å²) in [5, 5.41) is 20.4. The van der Waals surface area contributed by atoms with E-state index in [-0.39, 0.29) is 28.9 Å². The van der Waals surface area contributed by atoms with Gasteiger partial charge in [-0.3, -0.25) is 14.9 Å². The fraction of sp³-hybridized carbons (Fsp3) is 0.440. The Balaban J connectivity index is 1.40. The number of esters is 1. The highest BCUT2D eigenvalue weighted by Crippen LogP contribution is 2.38. The fourth-order valence-electron chi connectivity index (χ4n) is 3.99. The molecule has 4 atom stereocenters. The van der Waals surface area contributed by atoms with E-state index >= 15 is 0 Å². The number of thiazole rings is 1. The largest absolute Gasteiger partial charge is 0.459 e. The third kappa shape index (κ3) is 6.71. The minimum absolute atomic E-state index is 0.00183. The zero-order valence-corrected chi connectivity index (χ0v) is 23.8. The molecule has 3 heterocycles. The molecule has 0 bridgehead atoms. The Kier molecular flexibility index (Phi) is 8.95. The molecule has 214 valence electrons. The van der Waals surface area contributed by atoms with Gasteiger partial charge in [-0.1, -0.05) is 35.5 Å². The van der Waals surface area contributed by atoms with E-state index in [2.05, 4.69) is 20.8 Å². The number of thioether (sulfide) groups is 1. The molecule has 2 aliphatic rings. The molecule has 0 aliphatic carbocycles. The summed E-state index contributed by atoms with van der Waals surface area (Å²) in [6.07, 6.45) is -1.83. The number of hydrogen-bond donors (Lipinski definition) is 3. The minimum Gasteiger partial charge on any atom is -0.459 e. The number of aromatic nitrogens is 1. The number of anilines is 1. The maximum absolute atomic E-state index is 13.1. The molecule has 15 heteroatoms. The summed E-state index contributed by atoms with van der Waals surface area (Å²) in [7, 11) is 1.25. The van der Waals surface area contributed by atoms with Gasteiger partial charge in [-0.25, -0.2) is 14.6 Å². The molecule has 40 heavy (non-hydrogen) atoms. The van der Waals surface area contributed by atoms with Crippen LogP contribution in [0, 0.1) is 0 Å². The van der Waals surface area contributed by atoms with Gasteiger partial charge in [-0.2, -0.15) is 0 Å². The summed E-state index contributed by atoms with van der Waals surface area (Å²) in [6, 6.07) is 6.87. The molecular formula is C25H29N5O8S2. The molecule has 3 N–H and O–H groups in total. The lowest BCUT2D eigenvalue weighted by molar-refractivity contribution is -0.171. The van der Waals surface area contributed by atoms with Crippen LogP contribution in [0.3, 0.4) is 0 Å². The standard InChI is InChI=1S/C25H29N5O8S2/c1-25(2,3)38-24(35)28-23-26-14(11-40-23)16(29-36-4)19(32)27-17-20(33)30-18(15(31)12-39-21(17)30)22(34)37-10-13-8-6-5-7-9-13/h5-9,11,15,17-18,21,31H,10,12H2,1-4H3,(H,27,32)(H,26,28,35)/b29-16+/t15?,17-,18?,21-/m1/s1. The van der Waals surface area contributed by atoms with Crippen molar-refractivity contribution in [3.63, 3.8) is 0 Å². The van der Waals surface area contributed by atoms with Crippen LogP contribution in [-0.4, -0.2) is 86.6 Å². The summed E-state index contributed by atoms with van der Waals surface area (Å²) >= 11 is 2.27. The molecule has 3 amide bonds. The van der Waals surface area contributed by atoms with Crippen molar-refractivity contribution in [3.05, 3.63) is 47.0 Å². The van der Waals surface area contributed by atoms with E-state index in [1.807, 2.05) is 18.2 Å². The Morgan fingerprint density at radius 1 is 1.23 bits per heavy atom. The monoisotopic (exact) mass is 591 g/mol. The molecule has 0 spiro atoms. The third-order valence-electron chi connectivity index (χ3n) is 5.69. The predicted molar refractivity (Wildman–Crippen MR) is 147 cm³/mol. The molecule has 0 saturated carbocycles. The van der Waals surface area contributed by atoms with E-state index in [4.69, 9.17) is 14.3 Å². The number of nitrogens with one attached hydrogen (secondary N) is 2. The van der Waals surface area contributed by atoms with Gasteiger partial charge in [0.25, 0.3) is 5.91 Å². The highest BCUT2D eigenvalue weighted by molar-refractivity contribution is 8.00. The molecule has 2 aliphatic heterocycles. The lowest BCUT2D eigenvalue weighted by Gasteiger charge is -2.53. The molecule has 13 nitrogen and oxygen atoms in total. The van der Waals surface area contributed by atoms with Crippen LogP contribution in [-0.2, 0) is 35.3 Å². The Labute approximate surface area is 238 Å². The molecule has 2 unspecified atom stereocenters. The van der Waals surface area contributed by atoms with Crippen LogP contribution in [0.4, 0.5) is 9.93 Å². The lowest BCUT2D eigenvalue weighted by atomic mass is 9.99. The van der Waals surface area contributed by atoms with Crippen molar-refractivity contribution < 1.29 is 38.6 Å². The Morgan fingerprint density at radius 3 is 2.62 bits per heavy atom. The molecule has 2 saturated heterocycles. The maximum Gasteiger partial charge on any atom is 0.413 e. The number of fused-ring (bicyclic) bond motifs is 1. The molecular weight excluding hydrogens is 562 g/mol. The molecule has 1 aromatic carbocycles. The summed E-state index contributed by atoms with van der Waals surface area (Å²) in [5.74, 6) is -1.86. The van der Waals surface area contributed by atoms with Gasteiger partial charge in [-0.05, 0) is 26.3 Å². The van der Waals surface area contributed by atoms with Gasteiger partial charge in [0.2, 0.25) is 5.91 Å². The first-order valence-corrected chi connectivity index (χ1v) is 14.1. The first-order valence-electron chi connectivity index (χ1n) is 12.2. The van der Waals surface area contributed by atoms with E-state index < -0.39 is 53.0 Å². The molecule has 2 fully saturated rings. The first-order chi connectivity index (χ1) is 19.0. The van der Waals surface area contributed by atoms with Gasteiger partial charge < -0.3 is 29.6 Å². The number of oxime groups is 1. The topological polar surface area (TPSA) is 169 Å². The molecule has 4 rings (SSSR count). The number of nitrogens with zero attached hydrogens (tertiary/aromatic N) is 3. The van der Waals surface area contributed by atoms with Gasteiger partial charge in [0, 0.05) is 11.1 Å². The summed E-state index contributed by atoms with van der Waals surface area (Å²) in [5.41, 5.74) is -0.0561. The van der Waals surface area contributed by atoms with E-state index in [1.54, 1.807) is 32.9 Å². The Bertz CT molecular complexity index is 1300. The average Bonchev–Trinajstić information content (AvgIpc) is 3.35. The van der Waals surface area contributed by atoms with Crippen molar-refractivity contribution in [3.8, 4) is 0 Å².